The van der Waals surface area contributed by atoms with Crippen LogP contribution < -0.4 is 9.64 Å². The van der Waals surface area contributed by atoms with Gasteiger partial charge in [-0.15, -0.1) is 5.11 Å². The number of hydrogen-bond acceptors (Lipinski definition) is 3. The van der Waals surface area contributed by atoms with Crippen molar-refractivity contribution < 1.29 is 4.74 Å². The number of ether oxygens (including phenoxy) is 1. The number of para-hydroxylation sites is 1. The predicted molar refractivity (Wildman–Crippen MR) is 107 cm³/mol. The Hall–Kier alpha value is -2.31. The number of nitrogens with zero attached hydrogens (tertiary/aromatic N) is 3. The maximum Gasteiger partial charge on any atom is 0.222 e. The Kier molecular flexibility index (Phi) is 4.46. The summed E-state index contributed by atoms with van der Waals surface area (Å²) in [4.78, 5) is 1.91. The number of azo groups is 1. The van der Waals surface area contributed by atoms with E-state index in [1.54, 1.807) is 0 Å². The van der Waals surface area contributed by atoms with E-state index in [0.717, 1.165) is 26.7 Å². The average molecular weight is 412 g/mol. The molecule has 1 aliphatic rings. The zero-order chi connectivity index (χ0) is 17.2. The van der Waals surface area contributed by atoms with Gasteiger partial charge in [0.2, 0.25) is 5.11 Å². The Balaban J connectivity index is 1.51. The van der Waals surface area contributed by atoms with Crippen molar-refractivity contribution in [1.29, 1.82) is 0 Å². The normalized spacial score (nSPS) is 16.6. The minimum Gasteiger partial charge on any atom is -0.489 e. The highest BCUT2D eigenvalue weighted by Crippen LogP contribution is 2.26. The number of halogens is 1. The Morgan fingerprint density at radius 3 is 2.60 bits per heavy atom. The molecule has 3 aromatic carbocycles. The Labute approximate surface area is 159 Å². The molecule has 0 amide bonds. The van der Waals surface area contributed by atoms with Gasteiger partial charge in [-0.05, 0) is 59.4 Å². The summed E-state index contributed by atoms with van der Waals surface area (Å²) in [5.41, 5.74) is 0.967. The van der Waals surface area contributed by atoms with Crippen LogP contribution in [0.5, 0.6) is 5.75 Å². The highest BCUT2D eigenvalue weighted by molar-refractivity contribution is 9.10. The van der Waals surface area contributed by atoms with Crippen LogP contribution in [0.3, 0.4) is 0 Å². The molecular weight excluding hydrogens is 398 g/mol. The van der Waals surface area contributed by atoms with Gasteiger partial charge in [-0.3, -0.25) is 4.90 Å². The first kappa shape index (κ1) is 16.2. The van der Waals surface area contributed by atoms with E-state index in [0.29, 0.717) is 11.7 Å². The summed E-state index contributed by atoms with van der Waals surface area (Å²) in [5.74, 6) is 0.802. The van der Waals surface area contributed by atoms with Gasteiger partial charge in [0.25, 0.3) is 0 Å². The van der Waals surface area contributed by atoms with Gasteiger partial charge in [0.15, 0.2) is 6.17 Å². The number of hydrogen-bond donors (Lipinski definition) is 0. The van der Waals surface area contributed by atoms with E-state index in [4.69, 9.17) is 17.0 Å². The lowest BCUT2D eigenvalue weighted by Gasteiger charge is -2.23. The topological polar surface area (TPSA) is 37.2 Å². The molecule has 3 aromatic rings. The molecule has 0 aliphatic carbocycles. The molecule has 1 aliphatic heterocycles. The molecule has 4 nitrogen and oxygen atoms in total. The zero-order valence-electron chi connectivity index (χ0n) is 13.2. The molecule has 1 atom stereocenters. The molecule has 0 saturated heterocycles. The molecule has 6 heteroatoms. The largest absolute Gasteiger partial charge is 0.489 e. The van der Waals surface area contributed by atoms with Crippen LogP contribution in [0.2, 0.25) is 0 Å². The van der Waals surface area contributed by atoms with E-state index in [2.05, 4.69) is 38.3 Å². The van der Waals surface area contributed by atoms with Gasteiger partial charge >= 0.3 is 0 Å². The summed E-state index contributed by atoms with van der Waals surface area (Å²) in [6.45, 7) is 0.376. The van der Waals surface area contributed by atoms with E-state index in [-0.39, 0.29) is 6.17 Å². The van der Waals surface area contributed by atoms with Crippen molar-refractivity contribution in [2.24, 2.45) is 10.2 Å². The molecule has 124 valence electrons. The summed E-state index contributed by atoms with van der Waals surface area (Å²) < 4.78 is 7.02. The lowest BCUT2D eigenvalue weighted by Crippen LogP contribution is -2.36. The number of thiocarbonyl (C=S) groups is 1. The van der Waals surface area contributed by atoms with Gasteiger partial charge in [-0.1, -0.05) is 46.3 Å². The van der Waals surface area contributed by atoms with Crippen LogP contribution in [0.15, 0.2) is 81.4 Å². The molecule has 25 heavy (non-hydrogen) atoms. The molecule has 1 heterocycles. The van der Waals surface area contributed by atoms with Gasteiger partial charge in [0.1, 0.15) is 12.4 Å². The third-order valence-electron chi connectivity index (χ3n) is 3.99. The van der Waals surface area contributed by atoms with E-state index in [1.165, 1.54) is 0 Å². The molecule has 0 N–H and O–H groups in total. The second-order valence-electron chi connectivity index (χ2n) is 5.65. The molecule has 1 unspecified atom stereocenters. The first-order valence-corrected chi connectivity index (χ1v) is 9.02. The highest BCUT2D eigenvalue weighted by Gasteiger charge is 2.28. The van der Waals surface area contributed by atoms with Crippen molar-refractivity contribution in [3.8, 4) is 5.75 Å². The summed E-state index contributed by atoms with van der Waals surface area (Å²) in [7, 11) is 0. The van der Waals surface area contributed by atoms with Gasteiger partial charge in [0.05, 0.1) is 0 Å². The van der Waals surface area contributed by atoms with Crippen LogP contribution in [-0.2, 0) is 0 Å². The van der Waals surface area contributed by atoms with Crippen LogP contribution in [0, 0.1) is 0 Å². The molecule has 0 aromatic heterocycles. The number of fused-ring (bicyclic) bond motifs is 1. The van der Waals surface area contributed by atoms with Crippen LogP contribution in [0.25, 0.3) is 10.8 Å². The monoisotopic (exact) mass is 411 g/mol. The average Bonchev–Trinajstić information content (AvgIpc) is 3.01. The predicted octanol–water partition coefficient (Wildman–Crippen LogP) is 5.56. The minimum atomic E-state index is -0.254. The Morgan fingerprint density at radius 1 is 1.00 bits per heavy atom. The van der Waals surface area contributed by atoms with Crippen LogP contribution in [-0.4, -0.2) is 17.9 Å². The molecule has 0 saturated carbocycles. The van der Waals surface area contributed by atoms with Crippen LogP contribution >= 0.6 is 28.1 Å². The maximum atomic E-state index is 5.96. The van der Waals surface area contributed by atoms with E-state index in [9.17, 15) is 0 Å². The minimum absolute atomic E-state index is 0.254. The smallest absolute Gasteiger partial charge is 0.222 e. The van der Waals surface area contributed by atoms with Crippen molar-refractivity contribution in [3.05, 3.63) is 71.2 Å². The lowest BCUT2D eigenvalue weighted by atomic mass is 10.1. The molecule has 0 radical (unpaired) electrons. The van der Waals surface area contributed by atoms with Crippen molar-refractivity contribution in [1.82, 2.24) is 0 Å². The first-order chi connectivity index (χ1) is 12.2. The molecular formula is C19H14BrN3OS. The highest BCUT2D eigenvalue weighted by atomic mass is 79.9. The fraction of sp³-hybridized carbons (Fsp3) is 0.105. The summed E-state index contributed by atoms with van der Waals surface area (Å²) in [5, 5.41) is 11.0. The van der Waals surface area contributed by atoms with E-state index >= 15 is 0 Å². The molecule has 0 spiro atoms. The van der Waals surface area contributed by atoms with Crippen LogP contribution in [0.1, 0.15) is 0 Å². The van der Waals surface area contributed by atoms with Gasteiger partial charge < -0.3 is 4.74 Å². The summed E-state index contributed by atoms with van der Waals surface area (Å²) in [6.07, 6.45) is -0.254. The molecule has 4 rings (SSSR count). The third-order valence-corrected chi connectivity index (χ3v) is 4.76. The number of rotatable bonds is 4. The Morgan fingerprint density at radius 2 is 1.76 bits per heavy atom. The van der Waals surface area contributed by atoms with Gasteiger partial charge in [-0.25, -0.2) is 0 Å². The number of anilines is 1. The Bertz CT molecular complexity index is 961. The first-order valence-electron chi connectivity index (χ1n) is 7.82. The standard InChI is InChI=1S/C19H14BrN3OS/c20-15-8-6-14-11-17(9-7-13(14)10-15)24-12-18-21-22-19(25)23(18)16-4-2-1-3-5-16/h1-11,18H,12H2. The number of benzene rings is 3. The van der Waals surface area contributed by atoms with Gasteiger partial charge in [-0.2, -0.15) is 5.11 Å². The van der Waals surface area contributed by atoms with E-state index < -0.39 is 0 Å². The van der Waals surface area contributed by atoms with Crippen molar-refractivity contribution in [2.75, 3.05) is 11.5 Å². The maximum absolute atomic E-state index is 5.96. The van der Waals surface area contributed by atoms with Crippen LogP contribution in [0.4, 0.5) is 5.69 Å². The fourth-order valence-corrected chi connectivity index (χ4v) is 3.43. The van der Waals surface area contributed by atoms with Gasteiger partial charge in [0, 0.05) is 10.2 Å². The van der Waals surface area contributed by atoms with Crippen molar-refractivity contribution in [2.45, 2.75) is 6.17 Å². The van der Waals surface area contributed by atoms with E-state index in [1.807, 2.05) is 59.5 Å². The summed E-state index contributed by atoms with van der Waals surface area (Å²) in [6, 6.07) is 22.1. The SMILES string of the molecule is S=C1N=NC(COc2ccc3cc(Br)ccc3c2)N1c1ccccc1. The van der Waals surface area contributed by atoms with Crippen molar-refractivity contribution >= 4 is 49.7 Å². The lowest BCUT2D eigenvalue weighted by molar-refractivity contribution is 0.293. The fourth-order valence-electron chi connectivity index (χ4n) is 2.78. The molecule has 0 fully saturated rings. The zero-order valence-corrected chi connectivity index (χ0v) is 15.6. The molecule has 0 bridgehead atoms. The second kappa shape index (κ2) is 6.90. The van der Waals surface area contributed by atoms with Crippen molar-refractivity contribution in [3.63, 3.8) is 0 Å². The third kappa shape index (κ3) is 3.41. The second-order valence-corrected chi connectivity index (χ2v) is 6.93. The quantitative estimate of drug-likeness (QED) is 0.526. The summed E-state index contributed by atoms with van der Waals surface area (Å²) >= 11 is 8.80.